The van der Waals surface area contributed by atoms with Gasteiger partial charge in [-0.1, -0.05) is 12.6 Å². The molecule has 3 atom stereocenters. The Morgan fingerprint density at radius 2 is 1.87 bits per heavy atom. The van der Waals surface area contributed by atoms with Crippen LogP contribution in [0, 0.1) is 36.7 Å². The van der Waals surface area contributed by atoms with Crippen LogP contribution in [0.25, 0.3) is 32.1 Å². The average molecular weight is 1070 g/mol. The maximum absolute atomic E-state index is 17.6. The number of piperazine rings is 1. The number of non-ortho nitro benzene ring substituents is 1. The number of thiophene rings is 1. The molecule has 3 aliphatic heterocycles. The van der Waals surface area contributed by atoms with Crippen molar-refractivity contribution < 1.29 is 51.4 Å². The van der Waals surface area contributed by atoms with E-state index in [2.05, 4.69) is 27.8 Å². The highest BCUT2D eigenvalue weighted by Gasteiger charge is 2.49. The molecule has 0 spiro atoms. The SMILES string of the molecule is C=C(COC(=O)Oc1ccc([N+](=O)[O-])cc1)C(=O)N1CCN(c2nc(OC[C@@]34CCCN3C[C@H](F)C4)nc3c(F)c(-c4ccc(F)c5sc(NC(=O)OC(C)(C)C)c(C#N)c45)c(I)cc23)[C@@H](C)C1. The third kappa shape index (κ3) is 9.68. The highest BCUT2D eigenvalue weighted by atomic mass is 127. The molecule has 0 unspecified atom stereocenters. The molecule has 3 fully saturated rings. The lowest BCUT2D eigenvalue weighted by Gasteiger charge is -2.41. The molecule has 3 saturated heterocycles. The summed E-state index contributed by atoms with van der Waals surface area (Å²) in [5, 5.41) is 24.3. The number of ether oxygens (including phenoxy) is 4. The number of amides is 2. The maximum Gasteiger partial charge on any atom is 0.514 e. The van der Waals surface area contributed by atoms with Crippen molar-refractivity contribution >= 4 is 89.6 Å². The number of anilines is 2. The van der Waals surface area contributed by atoms with Gasteiger partial charge in [-0.15, -0.1) is 11.3 Å². The van der Waals surface area contributed by atoms with Crippen molar-refractivity contribution in [2.45, 2.75) is 70.3 Å². The van der Waals surface area contributed by atoms with Crippen molar-refractivity contribution in [3.8, 4) is 29.0 Å². The molecule has 1 N–H and O–H groups in total. The van der Waals surface area contributed by atoms with Gasteiger partial charge in [0.2, 0.25) is 0 Å². The van der Waals surface area contributed by atoms with E-state index in [0.29, 0.717) is 27.7 Å². The summed E-state index contributed by atoms with van der Waals surface area (Å²) in [4.78, 5) is 64.0. The molecule has 8 rings (SSSR count). The van der Waals surface area contributed by atoms with Gasteiger partial charge in [-0.05, 0) is 99.5 Å². The van der Waals surface area contributed by atoms with E-state index in [1.807, 2.05) is 34.4 Å². The number of benzene rings is 3. The number of carbonyl (C=O) groups excluding carboxylic acids is 3. The molecule has 68 heavy (non-hydrogen) atoms. The lowest BCUT2D eigenvalue weighted by molar-refractivity contribution is -0.384. The molecule has 0 aliphatic carbocycles. The minimum Gasteiger partial charge on any atom is -0.461 e. The summed E-state index contributed by atoms with van der Waals surface area (Å²) in [6, 6.07) is 10.4. The van der Waals surface area contributed by atoms with E-state index >= 15 is 8.78 Å². The third-order valence-electron chi connectivity index (χ3n) is 12.0. The summed E-state index contributed by atoms with van der Waals surface area (Å²) in [5.41, 5.74) is -1.75. The predicted octanol–water partition coefficient (Wildman–Crippen LogP) is 9.29. The van der Waals surface area contributed by atoms with Gasteiger partial charge in [-0.25, -0.2) is 22.8 Å². The number of halogens is 4. The van der Waals surface area contributed by atoms with E-state index in [-0.39, 0.29) is 99.5 Å². The number of nitro groups is 1. The van der Waals surface area contributed by atoms with Gasteiger partial charge in [0.15, 0.2) is 5.82 Å². The van der Waals surface area contributed by atoms with Gasteiger partial charge >= 0.3 is 18.3 Å². The average Bonchev–Trinajstić information content (AvgIpc) is 3.94. The van der Waals surface area contributed by atoms with Crippen LogP contribution in [-0.4, -0.2) is 112 Å². The largest absolute Gasteiger partial charge is 0.514 e. The van der Waals surface area contributed by atoms with E-state index in [0.717, 1.165) is 36.0 Å². The van der Waals surface area contributed by atoms with E-state index in [9.17, 15) is 34.2 Å². The quantitative estimate of drug-likeness (QED) is 0.0327. The Morgan fingerprint density at radius 1 is 1.12 bits per heavy atom. The van der Waals surface area contributed by atoms with Gasteiger partial charge in [-0.2, -0.15) is 15.2 Å². The number of nitriles is 1. The Balaban J connectivity index is 1.10. The first-order valence-corrected chi connectivity index (χ1v) is 23.3. The van der Waals surface area contributed by atoms with Gasteiger partial charge in [0, 0.05) is 76.3 Å². The summed E-state index contributed by atoms with van der Waals surface area (Å²) in [6.45, 7) is 11.7. The van der Waals surface area contributed by atoms with Crippen molar-refractivity contribution in [2.24, 2.45) is 0 Å². The zero-order valence-corrected chi connectivity index (χ0v) is 40.2. The second kappa shape index (κ2) is 19.0. The van der Waals surface area contributed by atoms with Gasteiger partial charge in [0.25, 0.3) is 11.6 Å². The van der Waals surface area contributed by atoms with Gasteiger partial charge in [0.1, 0.15) is 59.0 Å². The molecule has 0 bridgehead atoms. The summed E-state index contributed by atoms with van der Waals surface area (Å²) < 4.78 is 70.2. The highest BCUT2D eigenvalue weighted by Crippen LogP contribution is 2.46. The van der Waals surface area contributed by atoms with Crippen molar-refractivity contribution in [3.63, 3.8) is 0 Å². The lowest BCUT2D eigenvalue weighted by atomic mass is 9.95. The van der Waals surface area contributed by atoms with Crippen molar-refractivity contribution in [1.29, 1.82) is 5.26 Å². The molecular formula is C46H44F3IN8O9S. The van der Waals surface area contributed by atoms with Gasteiger partial charge in [-0.3, -0.25) is 25.1 Å². The Hall–Kier alpha value is -6.32. The number of hydrogen-bond acceptors (Lipinski definition) is 15. The standard InChI is InChI=1S/C46H44F3IN8O9S/c1-24(22-64-44(61)66-28-9-7-27(8-10-28)58(62)63)41(59)55-15-16-57(25(2)20-55)39-30-17-33(50)35(36(49)37(30)52-42(53-39)65-23-46-13-6-14-56(46)21-26(47)18-46)29-11-12-32(48)38-34(29)31(19-51)40(68-38)54-43(60)67-45(3,4)5/h7-12,17,25-26H,1,6,13-16,18,20-23H2,2-5H3,(H,54,60)/t25-,26+,46-/m0/s1. The molecule has 5 heterocycles. The summed E-state index contributed by atoms with van der Waals surface area (Å²) in [5.74, 6) is -1.71. The first kappa shape index (κ1) is 48.1. The van der Waals surface area contributed by atoms with Gasteiger partial charge < -0.3 is 28.7 Å². The van der Waals surface area contributed by atoms with Crippen LogP contribution >= 0.6 is 33.9 Å². The number of carbonyl (C=O) groups is 3. The van der Waals surface area contributed by atoms with E-state index in [1.165, 1.54) is 23.1 Å². The number of nitrogens with one attached hydrogen (secondary N) is 1. The molecule has 0 radical (unpaired) electrons. The number of fused-ring (bicyclic) bond motifs is 3. The van der Waals surface area contributed by atoms with Crippen LogP contribution in [0.3, 0.4) is 0 Å². The predicted molar refractivity (Wildman–Crippen MR) is 254 cm³/mol. The highest BCUT2D eigenvalue weighted by molar-refractivity contribution is 14.1. The molecule has 22 heteroatoms. The Kier molecular flexibility index (Phi) is 13.4. The van der Waals surface area contributed by atoms with Crippen molar-refractivity contribution in [1.82, 2.24) is 19.8 Å². The van der Waals surface area contributed by atoms with Crippen LogP contribution in [0.15, 0.2) is 54.6 Å². The smallest absolute Gasteiger partial charge is 0.461 e. The van der Waals surface area contributed by atoms with Crippen LogP contribution < -0.4 is 19.7 Å². The van der Waals surface area contributed by atoms with Crippen molar-refractivity contribution in [2.75, 3.05) is 56.2 Å². The minimum absolute atomic E-state index is 0.00199. The Morgan fingerprint density at radius 3 is 2.56 bits per heavy atom. The molecule has 2 amide bonds. The van der Waals surface area contributed by atoms with Crippen LogP contribution in [0.4, 0.5) is 39.3 Å². The molecule has 2 aromatic heterocycles. The first-order chi connectivity index (χ1) is 32.2. The first-order valence-electron chi connectivity index (χ1n) is 21.5. The third-order valence-corrected chi connectivity index (χ3v) is 13.9. The monoisotopic (exact) mass is 1070 g/mol. The topological polar surface area (TPSA) is 203 Å². The number of rotatable bonds is 11. The molecular weight excluding hydrogens is 1020 g/mol. The zero-order valence-electron chi connectivity index (χ0n) is 37.2. The van der Waals surface area contributed by atoms with E-state index in [4.69, 9.17) is 23.9 Å². The minimum atomic E-state index is -1.15. The molecule has 17 nitrogen and oxygen atoms in total. The second-order valence-corrected chi connectivity index (χ2v) is 20.0. The Bertz CT molecular complexity index is 2930. The summed E-state index contributed by atoms with van der Waals surface area (Å²) >= 11 is 2.78. The number of aromatic nitrogens is 2. The van der Waals surface area contributed by atoms with Crippen LogP contribution in [0.1, 0.15) is 52.5 Å². The number of hydrogen-bond donors (Lipinski definition) is 1. The van der Waals surface area contributed by atoms with E-state index < -0.39 is 64.7 Å². The summed E-state index contributed by atoms with van der Waals surface area (Å²) in [7, 11) is 0. The fourth-order valence-corrected chi connectivity index (χ4v) is 10.9. The molecule has 5 aromatic rings. The summed E-state index contributed by atoms with van der Waals surface area (Å²) in [6.07, 6.45) is -1.22. The number of nitro benzene ring substituents is 1. The molecule has 3 aliphatic rings. The Labute approximate surface area is 405 Å². The number of nitrogens with zero attached hydrogens (tertiary/aromatic N) is 7. The van der Waals surface area contributed by atoms with E-state index in [1.54, 1.807) is 26.8 Å². The number of alkyl halides is 1. The molecule has 3 aromatic carbocycles. The van der Waals surface area contributed by atoms with Crippen LogP contribution in [-0.2, 0) is 14.3 Å². The van der Waals surface area contributed by atoms with Crippen molar-refractivity contribution in [3.05, 3.63) is 85.5 Å². The van der Waals surface area contributed by atoms with Gasteiger partial charge in [0.05, 0.1) is 20.7 Å². The maximum atomic E-state index is 17.6. The molecule has 0 saturated carbocycles. The zero-order chi connectivity index (χ0) is 48.8. The lowest BCUT2D eigenvalue weighted by Crippen LogP contribution is -2.54. The van der Waals surface area contributed by atoms with Crippen LogP contribution in [0.2, 0.25) is 0 Å². The second-order valence-electron chi connectivity index (χ2n) is 17.8. The molecule has 356 valence electrons. The normalized spacial score (nSPS) is 19.4. The van der Waals surface area contributed by atoms with Crippen LogP contribution in [0.5, 0.6) is 11.8 Å². The fourth-order valence-electron chi connectivity index (χ4n) is 8.96. The fraction of sp³-hybridized carbons (Fsp3) is 0.391.